The summed E-state index contributed by atoms with van der Waals surface area (Å²) >= 11 is 0. The van der Waals surface area contributed by atoms with Gasteiger partial charge in [-0.05, 0) is 17.7 Å². The minimum absolute atomic E-state index is 0.0114. The Hall–Kier alpha value is -2.30. The quantitative estimate of drug-likeness (QED) is 0.630. The number of benzene rings is 1. The fourth-order valence-electron chi connectivity index (χ4n) is 1.26. The lowest BCUT2D eigenvalue weighted by Gasteiger charge is -2.06. The maximum absolute atomic E-state index is 11.4. The molecule has 0 spiro atoms. The van der Waals surface area contributed by atoms with Gasteiger partial charge in [-0.15, -0.1) is 0 Å². The van der Waals surface area contributed by atoms with Gasteiger partial charge >= 0.3 is 11.9 Å². The van der Waals surface area contributed by atoms with E-state index in [1.165, 1.54) is 14.2 Å². The summed E-state index contributed by atoms with van der Waals surface area (Å²) in [7, 11) is 2.71. The fourth-order valence-corrected chi connectivity index (χ4v) is 1.26. The third-order valence-electron chi connectivity index (χ3n) is 2.07. The van der Waals surface area contributed by atoms with Crippen molar-refractivity contribution < 1.29 is 24.2 Å². The SMILES string of the molecule is COC(=O)/C(=C\C(=O)O)c1ccc(OC)cc1. The number of rotatable bonds is 4. The number of carboxylic acid groups (broad SMARTS) is 1. The van der Waals surface area contributed by atoms with E-state index in [0.29, 0.717) is 11.3 Å². The Kier molecular flexibility index (Phi) is 4.28. The van der Waals surface area contributed by atoms with Gasteiger partial charge in [0.1, 0.15) is 5.75 Å². The van der Waals surface area contributed by atoms with Gasteiger partial charge in [0.25, 0.3) is 0 Å². The molecule has 0 saturated carbocycles. The zero-order chi connectivity index (χ0) is 12.8. The fraction of sp³-hybridized carbons (Fsp3) is 0.167. The first-order valence-corrected chi connectivity index (χ1v) is 4.76. The molecule has 0 aliphatic carbocycles. The number of hydrogen-bond acceptors (Lipinski definition) is 4. The van der Waals surface area contributed by atoms with Crippen molar-refractivity contribution in [3.63, 3.8) is 0 Å². The van der Waals surface area contributed by atoms with E-state index in [0.717, 1.165) is 6.08 Å². The van der Waals surface area contributed by atoms with Crippen molar-refractivity contribution in [2.24, 2.45) is 0 Å². The molecule has 1 rings (SSSR count). The molecule has 0 aromatic heterocycles. The van der Waals surface area contributed by atoms with Crippen LogP contribution in [0.3, 0.4) is 0 Å². The molecule has 90 valence electrons. The average molecular weight is 236 g/mol. The Labute approximate surface area is 98.3 Å². The highest BCUT2D eigenvalue weighted by molar-refractivity contribution is 6.20. The monoisotopic (exact) mass is 236 g/mol. The van der Waals surface area contributed by atoms with Crippen LogP contribution in [0.25, 0.3) is 5.57 Å². The molecule has 1 aromatic carbocycles. The minimum Gasteiger partial charge on any atom is -0.497 e. The Bertz CT molecular complexity index is 444. The second-order valence-corrected chi connectivity index (χ2v) is 3.12. The predicted octanol–water partition coefficient (Wildman–Crippen LogP) is 1.34. The molecule has 0 unspecified atom stereocenters. The summed E-state index contributed by atoms with van der Waals surface area (Å²) in [4.78, 5) is 22.0. The van der Waals surface area contributed by atoms with Crippen molar-refractivity contribution in [3.8, 4) is 5.75 Å². The molecule has 0 atom stereocenters. The number of carbonyl (C=O) groups excluding carboxylic acids is 1. The lowest BCUT2D eigenvalue weighted by molar-refractivity contribution is -0.135. The van der Waals surface area contributed by atoms with Crippen LogP contribution in [-0.2, 0) is 14.3 Å². The molecule has 5 nitrogen and oxygen atoms in total. The van der Waals surface area contributed by atoms with Crippen LogP contribution in [0, 0.1) is 0 Å². The number of carboxylic acids is 1. The van der Waals surface area contributed by atoms with Gasteiger partial charge in [0, 0.05) is 6.08 Å². The number of hydrogen-bond donors (Lipinski definition) is 1. The summed E-state index contributed by atoms with van der Waals surface area (Å²) in [5.41, 5.74) is 0.447. The lowest BCUT2D eigenvalue weighted by atomic mass is 10.1. The first kappa shape index (κ1) is 12.8. The number of aliphatic carboxylic acids is 1. The van der Waals surface area contributed by atoms with Crippen LogP contribution in [0.5, 0.6) is 5.75 Å². The lowest BCUT2D eigenvalue weighted by Crippen LogP contribution is -2.06. The van der Waals surface area contributed by atoms with Crippen LogP contribution >= 0.6 is 0 Å². The first-order chi connectivity index (χ1) is 8.08. The number of ether oxygens (including phenoxy) is 2. The second kappa shape index (κ2) is 5.69. The molecule has 5 heteroatoms. The van der Waals surface area contributed by atoms with Gasteiger partial charge in [0.15, 0.2) is 0 Å². The zero-order valence-corrected chi connectivity index (χ0v) is 9.47. The van der Waals surface area contributed by atoms with Gasteiger partial charge in [0.05, 0.1) is 19.8 Å². The van der Waals surface area contributed by atoms with Gasteiger partial charge in [-0.1, -0.05) is 12.1 Å². The predicted molar refractivity (Wildman–Crippen MR) is 60.6 cm³/mol. The van der Waals surface area contributed by atoms with Gasteiger partial charge in [0.2, 0.25) is 0 Å². The minimum atomic E-state index is -1.21. The van der Waals surface area contributed by atoms with E-state index in [-0.39, 0.29) is 5.57 Å². The molecule has 1 N–H and O–H groups in total. The van der Waals surface area contributed by atoms with Gasteiger partial charge < -0.3 is 14.6 Å². The zero-order valence-electron chi connectivity index (χ0n) is 9.47. The van der Waals surface area contributed by atoms with Crippen LogP contribution in [0.4, 0.5) is 0 Å². The van der Waals surface area contributed by atoms with Crippen LogP contribution < -0.4 is 4.74 Å². The molecule has 17 heavy (non-hydrogen) atoms. The largest absolute Gasteiger partial charge is 0.497 e. The molecule has 0 aliphatic heterocycles. The van der Waals surface area contributed by atoms with Crippen LogP contribution in [0.1, 0.15) is 5.56 Å². The molecule has 0 saturated heterocycles. The first-order valence-electron chi connectivity index (χ1n) is 4.76. The number of methoxy groups -OCH3 is 2. The van der Waals surface area contributed by atoms with Crippen molar-refractivity contribution in [2.45, 2.75) is 0 Å². The maximum Gasteiger partial charge on any atom is 0.338 e. The Morgan fingerprint density at radius 1 is 1.18 bits per heavy atom. The Balaban J connectivity index is 3.13. The third-order valence-corrected chi connectivity index (χ3v) is 2.07. The van der Waals surface area contributed by atoms with Crippen LogP contribution in [0.2, 0.25) is 0 Å². The summed E-state index contributed by atoms with van der Waals surface area (Å²) < 4.78 is 9.49. The summed E-state index contributed by atoms with van der Waals surface area (Å²) in [5.74, 6) is -1.29. The summed E-state index contributed by atoms with van der Waals surface area (Å²) in [6, 6.07) is 6.44. The molecule has 0 aliphatic rings. The van der Waals surface area contributed by atoms with Crippen molar-refractivity contribution in [1.29, 1.82) is 0 Å². The van der Waals surface area contributed by atoms with Crippen molar-refractivity contribution in [1.82, 2.24) is 0 Å². The highest BCUT2D eigenvalue weighted by Gasteiger charge is 2.14. The van der Waals surface area contributed by atoms with Gasteiger partial charge in [-0.3, -0.25) is 0 Å². The molecule has 0 amide bonds. The van der Waals surface area contributed by atoms with E-state index in [9.17, 15) is 9.59 Å². The van der Waals surface area contributed by atoms with Crippen LogP contribution in [-0.4, -0.2) is 31.3 Å². The summed E-state index contributed by atoms with van der Waals surface area (Å²) in [6.07, 6.45) is 0.813. The van der Waals surface area contributed by atoms with E-state index < -0.39 is 11.9 Å². The second-order valence-electron chi connectivity index (χ2n) is 3.12. The van der Waals surface area contributed by atoms with Crippen molar-refractivity contribution >= 4 is 17.5 Å². The van der Waals surface area contributed by atoms with E-state index >= 15 is 0 Å². The van der Waals surface area contributed by atoms with E-state index in [2.05, 4.69) is 4.74 Å². The molecule has 1 aromatic rings. The van der Waals surface area contributed by atoms with Crippen molar-refractivity contribution in [3.05, 3.63) is 35.9 Å². The standard InChI is InChI=1S/C12H12O5/c1-16-9-5-3-8(4-6-9)10(7-11(13)14)12(15)17-2/h3-7H,1-2H3,(H,13,14)/b10-7-. The maximum atomic E-state index is 11.4. The number of carbonyl (C=O) groups is 2. The Morgan fingerprint density at radius 2 is 1.76 bits per heavy atom. The van der Waals surface area contributed by atoms with Gasteiger partial charge in [-0.25, -0.2) is 9.59 Å². The Morgan fingerprint density at radius 3 is 2.18 bits per heavy atom. The molecule has 0 bridgehead atoms. The van der Waals surface area contributed by atoms with E-state index in [4.69, 9.17) is 9.84 Å². The molecule has 0 fully saturated rings. The molecular formula is C12H12O5. The van der Waals surface area contributed by atoms with Crippen molar-refractivity contribution in [2.75, 3.05) is 14.2 Å². The van der Waals surface area contributed by atoms with Gasteiger partial charge in [-0.2, -0.15) is 0 Å². The normalized spacial score (nSPS) is 10.8. The number of esters is 1. The van der Waals surface area contributed by atoms with Crippen LogP contribution in [0.15, 0.2) is 30.3 Å². The molecule has 0 heterocycles. The molecule has 0 radical (unpaired) electrons. The van der Waals surface area contributed by atoms with E-state index in [1.807, 2.05) is 0 Å². The highest BCUT2D eigenvalue weighted by atomic mass is 16.5. The highest BCUT2D eigenvalue weighted by Crippen LogP contribution is 2.19. The average Bonchev–Trinajstić information content (AvgIpc) is 2.35. The van der Waals surface area contributed by atoms with E-state index in [1.54, 1.807) is 24.3 Å². The topological polar surface area (TPSA) is 72.8 Å². The third kappa shape index (κ3) is 3.34. The smallest absolute Gasteiger partial charge is 0.338 e. The molecular weight excluding hydrogens is 224 g/mol. The summed E-state index contributed by atoms with van der Waals surface area (Å²) in [5, 5.41) is 8.68. The summed E-state index contributed by atoms with van der Waals surface area (Å²) in [6.45, 7) is 0.